The van der Waals surface area contributed by atoms with E-state index in [2.05, 4.69) is 27.9 Å². The topological polar surface area (TPSA) is 59.0 Å². The molecule has 7 heteroatoms. The van der Waals surface area contributed by atoms with E-state index in [4.69, 9.17) is 0 Å². The maximum atomic E-state index is 12.1. The summed E-state index contributed by atoms with van der Waals surface area (Å²) in [6.07, 6.45) is 4.27. The van der Waals surface area contributed by atoms with Gasteiger partial charge in [-0.15, -0.1) is 12.4 Å². The van der Waals surface area contributed by atoms with Crippen molar-refractivity contribution in [3.8, 4) is 0 Å². The Morgan fingerprint density at radius 3 is 2.88 bits per heavy atom. The predicted octanol–water partition coefficient (Wildman–Crippen LogP) is 2.06. The minimum Gasteiger partial charge on any atom is -0.352 e. The minimum absolute atomic E-state index is 0. The summed E-state index contributed by atoms with van der Waals surface area (Å²) in [6, 6.07) is 10.4. The number of hydrogen-bond donors (Lipinski definition) is 2. The number of thioether (sulfide) groups is 1. The lowest BCUT2D eigenvalue weighted by Gasteiger charge is -2.22. The number of nitrogens with zero attached hydrogens (tertiary/aromatic N) is 2. The molecule has 2 heterocycles. The summed E-state index contributed by atoms with van der Waals surface area (Å²) in [7, 11) is 0. The molecule has 3 rings (SSSR count). The number of halogens is 1. The second-order valence-electron chi connectivity index (χ2n) is 5.68. The van der Waals surface area contributed by atoms with Gasteiger partial charge >= 0.3 is 0 Å². The van der Waals surface area contributed by atoms with Crippen LogP contribution in [0.4, 0.5) is 0 Å². The van der Waals surface area contributed by atoms with E-state index in [1.807, 2.05) is 40.8 Å². The van der Waals surface area contributed by atoms with Gasteiger partial charge in [0, 0.05) is 49.5 Å². The van der Waals surface area contributed by atoms with Crippen LogP contribution in [0.5, 0.6) is 0 Å². The molecule has 5 nitrogen and oxygen atoms in total. The van der Waals surface area contributed by atoms with Crippen molar-refractivity contribution < 1.29 is 4.79 Å². The van der Waals surface area contributed by atoms with Gasteiger partial charge in [0.2, 0.25) is 5.91 Å². The first-order chi connectivity index (χ1) is 11.3. The molecule has 1 aromatic heterocycles. The first kappa shape index (κ1) is 18.8. The van der Waals surface area contributed by atoms with E-state index in [1.165, 1.54) is 5.56 Å². The lowest BCUT2D eigenvalue weighted by molar-refractivity contribution is -0.121. The first-order valence-corrected chi connectivity index (χ1v) is 9.09. The number of aromatic nitrogens is 2. The molecule has 0 saturated carbocycles. The minimum atomic E-state index is 0. The quantitative estimate of drug-likeness (QED) is 0.821. The van der Waals surface area contributed by atoms with Crippen LogP contribution < -0.4 is 10.6 Å². The van der Waals surface area contributed by atoms with Crippen LogP contribution in [0.3, 0.4) is 0 Å². The fourth-order valence-electron chi connectivity index (χ4n) is 2.69. The maximum Gasteiger partial charge on any atom is 0.221 e. The van der Waals surface area contributed by atoms with E-state index in [0.717, 1.165) is 30.2 Å². The molecule has 1 unspecified atom stereocenters. The second kappa shape index (κ2) is 9.71. The summed E-state index contributed by atoms with van der Waals surface area (Å²) < 4.78 is 1.89. The second-order valence-corrected chi connectivity index (χ2v) is 6.83. The molecule has 130 valence electrons. The van der Waals surface area contributed by atoms with Gasteiger partial charge in [0.1, 0.15) is 0 Å². The molecule has 1 aliphatic heterocycles. The van der Waals surface area contributed by atoms with Crippen molar-refractivity contribution in [2.75, 3.05) is 18.1 Å². The smallest absolute Gasteiger partial charge is 0.221 e. The Balaban J connectivity index is 0.00000208. The Labute approximate surface area is 153 Å². The third-order valence-corrected chi connectivity index (χ3v) is 5.05. The van der Waals surface area contributed by atoms with Gasteiger partial charge in [0.25, 0.3) is 0 Å². The molecule has 1 fully saturated rings. The van der Waals surface area contributed by atoms with Crippen LogP contribution in [0.25, 0.3) is 0 Å². The normalized spacial score (nSPS) is 17.1. The largest absolute Gasteiger partial charge is 0.352 e. The van der Waals surface area contributed by atoms with Gasteiger partial charge in [-0.2, -0.15) is 16.9 Å². The van der Waals surface area contributed by atoms with Gasteiger partial charge in [0.15, 0.2) is 0 Å². The summed E-state index contributed by atoms with van der Waals surface area (Å²) in [5.74, 6) is 2.27. The van der Waals surface area contributed by atoms with Gasteiger partial charge in [-0.25, -0.2) is 0 Å². The average molecular weight is 367 g/mol. The zero-order valence-corrected chi connectivity index (χ0v) is 15.1. The monoisotopic (exact) mass is 366 g/mol. The number of benzene rings is 1. The van der Waals surface area contributed by atoms with Crippen LogP contribution >= 0.6 is 24.2 Å². The lowest BCUT2D eigenvalue weighted by Crippen LogP contribution is -2.41. The van der Waals surface area contributed by atoms with Crippen molar-refractivity contribution >= 4 is 30.1 Å². The van der Waals surface area contributed by atoms with E-state index in [9.17, 15) is 4.79 Å². The van der Waals surface area contributed by atoms with Crippen LogP contribution in [-0.4, -0.2) is 39.8 Å². The Bertz CT molecular complexity index is 629. The van der Waals surface area contributed by atoms with Crippen molar-refractivity contribution in [1.82, 2.24) is 20.4 Å². The average Bonchev–Trinajstić information content (AvgIpc) is 3.08. The third-order valence-electron chi connectivity index (χ3n) is 3.92. The molecule has 1 aromatic carbocycles. The number of amides is 1. The summed E-state index contributed by atoms with van der Waals surface area (Å²) in [6.45, 7) is 2.28. The van der Waals surface area contributed by atoms with E-state index in [0.29, 0.717) is 19.0 Å². The highest BCUT2D eigenvalue weighted by atomic mass is 35.5. The Morgan fingerprint density at radius 2 is 2.17 bits per heavy atom. The van der Waals surface area contributed by atoms with Crippen molar-refractivity contribution in [2.45, 2.75) is 25.6 Å². The van der Waals surface area contributed by atoms with Gasteiger partial charge in [-0.05, 0) is 17.2 Å². The van der Waals surface area contributed by atoms with Crippen LogP contribution in [0.15, 0.2) is 42.7 Å². The van der Waals surface area contributed by atoms with E-state index >= 15 is 0 Å². The summed E-state index contributed by atoms with van der Waals surface area (Å²) >= 11 is 1.91. The van der Waals surface area contributed by atoms with Crippen molar-refractivity contribution in [2.24, 2.45) is 0 Å². The molecule has 24 heavy (non-hydrogen) atoms. The summed E-state index contributed by atoms with van der Waals surface area (Å²) in [5.41, 5.74) is 2.32. The highest BCUT2D eigenvalue weighted by molar-refractivity contribution is 7.99. The molecule has 0 bridgehead atoms. The molecule has 1 saturated heterocycles. The third kappa shape index (κ3) is 5.54. The maximum absolute atomic E-state index is 12.1. The van der Waals surface area contributed by atoms with E-state index in [-0.39, 0.29) is 18.3 Å². The number of nitrogens with one attached hydrogen (secondary N) is 2. The molecule has 0 spiro atoms. The molecule has 2 aromatic rings. The van der Waals surface area contributed by atoms with Crippen LogP contribution in [0.1, 0.15) is 17.5 Å². The fourth-order valence-corrected chi connectivity index (χ4v) is 3.64. The number of rotatable bonds is 6. The highest BCUT2D eigenvalue weighted by Gasteiger charge is 2.16. The summed E-state index contributed by atoms with van der Waals surface area (Å²) in [5, 5.41) is 10.7. The number of carbonyl (C=O) groups excluding carboxylic acids is 1. The zero-order chi connectivity index (χ0) is 15.9. The molecule has 0 radical (unpaired) electrons. The standard InChI is InChI=1S/C17H22N4OS.ClH/c22-17(10-16-13-23-9-7-18-16)19-11-14-4-1-2-5-15(14)12-21-8-3-6-20-21;/h1-6,8,16,18H,7,9-13H2,(H,19,22);1H. The highest BCUT2D eigenvalue weighted by Crippen LogP contribution is 2.12. The zero-order valence-electron chi connectivity index (χ0n) is 13.5. The van der Waals surface area contributed by atoms with Gasteiger partial charge < -0.3 is 10.6 Å². The van der Waals surface area contributed by atoms with Crippen LogP contribution in [0.2, 0.25) is 0 Å². The summed E-state index contributed by atoms with van der Waals surface area (Å²) in [4.78, 5) is 12.1. The van der Waals surface area contributed by atoms with Gasteiger partial charge in [0.05, 0.1) is 6.54 Å². The first-order valence-electron chi connectivity index (χ1n) is 7.93. The number of carbonyl (C=O) groups is 1. The van der Waals surface area contributed by atoms with Crippen LogP contribution in [-0.2, 0) is 17.9 Å². The molecule has 2 N–H and O–H groups in total. The van der Waals surface area contributed by atoms with E-state index < -0.39 is 0 Å². The molecular formula is C17H23ClN4OS. The predicted molar refractivity (Wildman–Crippen MR) is 101 cm³/mol. The van der Waals surface area contributed by atoms with E-state index in [1.54, 1.807) is 6.20 Å². The molecule has 1 amide bonds. The molecule has 0 aliphatic carbocycles. The Kier molecular flexibility index (Phi) is 7.62. The molecule has 1 atom stereocenters. The van der Waals surface area contributed by atoms with Crippen molar-refractivity contribution in [3.05, 3.63) is 53.9 Å². The van der Waals surface area contributed by atoms with Gasteiger partial charge in [-0.3, -0.25) is 9.48 Å². The Morgan fingerprint density at radius 1 is 1.33 bits per heavy atom. The van der Waals surface area contributed by atoms with Crippen molar-refractivity contribution in [1.29, 1.82) is 0 Å². The fraction of sp³-hybridized carbons (Fsp3) is 0.412. The lowest BCUT2D eigenvalue weighted by atomic mass is 10.1. The SMILES string of the molecule is Cl.O=C(CC1CSCCN1)NCc1ccccc1Cn1cccn1. The molecule has 1 aliphatic rings. The number of hydrogen-bond acceptors (Lipinski definition) is 4. The van der Waals surface area contributed by atoms with Crippen LogP contribution in [0, 0.1) is 0 Å². The van der Waals surface area contributed by atoms with Gasteiger partial charge in [-0.1, -0.05) is 24.3 Å². The Hall–Kier alpha value is -1.50. The molecular weight excluding hydrogens is 344 g/mol. The van der Waals surface area contributed by atoms with Crippen molar-refractivity contribution in [3.63, 3.8) is 0 Å².